The first-order valence-corrected chi connectivity index (χ1v) is 7.38. The molecule has 0 aromatic heterocycles. The Hall–Kier alpha value is -1.81. The van der Waals surface area contributed by atoms with Crippen LogP contribution in [0.1, 0.15) is 17.2 Å². The maximum Gasteiger partial charge on any atom is 0.331 e. The van der Waals surface area contributed by atoms with Crippen LogP contribution in [0.25, 0.3) is 0 Å². The van der Waals surface area contributed by atoms with E-state index < -0.39 is 17.7 Å². The fraction of sp³-hybridized carbons (Fsp3) is 0.118. The van der Waals surface area contributed by atoms with Crippen molar-refractivity contribution in [3.63, 3.8) is 0 Å². The molecule has 1 N–H and O–H groups in total. The lowest BCUT2D eigenvalue weighted by Crippen LogP contribution is -2.37. The molecule has 0 radical (unpaired) electrons. The number of benzene rings is 2. The number of hydrogen-bond donors (Lipinski definition) is 1. The molecule has 0 spiro atoms. The number of carbonyl (C=O) groups excluding carboxylic acids is 1. The van der Waals surface area contributed by atoms with Gasteiger partial charge in [0.15, 0.2) is 6.10 Å². The topological polar surface area (TPSA) is 46.5 Å². The summed E-state index contributed by atoms with van der Waals surface area (Å²) >= 11 is 12.0. The lowest BCUT2D eigenvalue weighted by molar-refractivity contribution is -0.160. The smallest absolute Gasteiger partial charge is 0.331 e. The summed E-state index contributed by atoms with van der Waals surface area (Å²) < 4.78 is 5.36. The zero-order valence-corrected chi connectivity index (χ0v) is 12.9. The molecular formula is C17H12Cl2O3. The summed E-state index contributed by atoms with van der Waals surface area (Å²) in [5.74, 6) is -0.517. The van der Waals surface area contributed by atoms with Gasteiger partial charge in [0.1, 0.15) is 5.60 Å². The zero-order valence-electron chi connectivity index (χ0n) is 11.4. The maximum absolute atomic E-state index is 11.6. The predicted octanol–water partition coefficient (Wildman–Crippen LogP) is 4.04. The highest BCUT2D eigenvalue weighted by molar-refractivity contribution is 6.30. The molecule has 112 valence electrons. The second kappa shape index (κ2) is 5.76. The van der Waals surface area contributed by atoms with Gasteiger partial charge in [0.25, 0.3) is 0 Å². The standard InChI is InChI=1S/C17H12Cl2O3/c18-13-5-1-3-11(9-13)16-17(21,8-7-15(20)22-16)12-4-2-6-14(19)10-12/h1-10,16,21H/t16-,17+/m1/s1. The molecule has 1 aliphatic rings. The first kappa shape index (κ1) is 15.1. The molecule has 0 fully saturated rings. The molecule has 0 bridgehead atoms. The SMILES string of the molecule is O=C1C=C[C@](O)(c2cccc(Cl)c2)[C@@H](c2cccc(Cl)c2)O1. The molecule has 2 aromatic rings. The van der Waals surface area contributed by atoms with Crippen molar-refractivity contribution < 1.29 is 14.6 Å². The summed E-state index contributed by atoms with van der Waals surface area (Å²) in [7, 11) is 0. The highest BCUT2D eigenvalue weighted by Gasteiger charge is 2.43. The molecule has 5 heteroatoms. The number of aliphatic hydroxyl groups is 1. The van der Waals surface area contributed by atoms with Crippen LogP contribution >= 0.6 is 23.2 Å². The van der Waals surface area contributed by atoms with Gasteiger partial charge in [-0.15, -0.1) is 0 Å². The maximum atomic E-state index is 11.6. The van der Waals surface area contributed by atoms with Gasteiger partial charge in [-0.3, -0.25) is 0 Å². The summed E-state index contributed by atoms with van der Waals surface area (Å²) in [6, 6.07) is 13.7. The molecular weight excluding hydrogens is 323 g/mol. The van der Waals surface area contributed by atoms with E-state index in [9.17, 15) is 9.90 Å². The van der Waals surface area contributed by atoms with Crippen LogP contribution in [0.3, 0.4) is 0 Å². The van der Waals surface area contributed by atoms with Gasteiger partial charge in [0.2, 0.25) is 0 Å². The van der Waals surface area contributed by atoms with Crippen molar-refractivity contribution >= 4 is 29.2 Å². The largest absolute Gasteiger partial charge is 0.450 e. The number of halogens is 2. The van der Waals surface area contributed by atoms with E-state index in [-0.39, 0.29) is 0 Å². The van der Waals surface area contributed by atoms with Crippen LogP contribution in [0.5, 0.6) is 0 Å². The van der Waals surface area contributed by atoms with Gasteiger partial charge in [-0.1, -0.05) is 47.5 Å². The first-order valence-electron chi connectivity index (χ1n) is 6.63. The van der Waals surface area contributed by atoms with Crippen molar-refractivity contribution in [3.8, 4) is 0 Å². The van der Waals surface area contributed by atoms with E-state index in [4.69, 9.17) is 27.9 Å². The molecule has 1 aliphatic heterocycles. The molecule has 0 saturated heterocycles. The summed E-state index contributed by atoms with van der Waals surface area (Å²) in [6.07, 6.45) is 1.74. The summed E-state index contributed by atoms with van der Waals surface area (Å²) in [5, 5.41) is 12.1. The van der Waals surface area contributed by atoms with Gasteiger partial charge in [-0.2, -0.15) is 0 Å². The van der Waals surface area contributed by atoms with E-state index in [1.54, 1.807) is 48.5 Å². The quantitative estimate of drug-likeness (QED) is 0.843. The third-order valence-corrected chi connectivity index (χ3v) is 4.02. The lowest BCUT2D eigenvalue weighted by Gasteiger charge is -2.36. The highest BCUT2D eigenvalue weighted by atomic mass is 35.5. The molecule has 3 nitrogen and oxygen atoms in total. The predicted molar refractivity (Wildman–Crippen MR) is 84.8 cm³/mol. The van der Waals surface area contributed by atoms with Crippen molar-refractivity contribution in [2.24, 2.45) is 0 Å². The molecule has 22 heavy (non-hydrogen) atoms. The second-order valence-electron chi connectivity index (χ2n) is 5.04. The van der Waals surface area contributed by atoms with E-state index in [0.717, 1.165) is 0 Å². The molecule has 0 amide bonds. The van der Waals surface area contributed by atoms with Crippen molar-refractivity contribution in [2.45, 2.75) is 11.7 Å². The van der Waals surface area contributed by atoms with E-state index in [0.29, 0.717) is 21.2 Å². The summed E-state index contributed by atoms with van der Waals surface area (Å²) in [5.41, 5.74) is -0.370. The second-order valence-corrected chi connectivity index (χ2v) is 5.91. The number of hydrogen-bond acceptors (Lipinski definition) is 3. The Balaban J connectivity index is 2.13. The Kier molecular flexibility index (Phi) is 3.96. The van der Waals surface area contributed by atoms with Crippen LogP contribution in [-0.2, 0) is 15.1 Å². The van der Waals surface area contributed by atoms with E-state index in [2.05, 4.69) is 0 Å². The van der Waals surface area contributed by atoms with Crippen molar-refractivity contribution in [3.05, 3.63) is 81.9 Å². The van der Waals surface area contributed by atoms with Gasteiger partial charge in [0.05, 0.1) is 0 Å². The normalized spacial score (nSPS) is 24.1. The van der Waals surface area contributed by atoms with Crippen LogP contribution in [0.4, 0.5) is 0 Å². The first-order chi connectivity index (χ1) is 10.5. The molecule has 2 aromatic carbocycles. The average Bonchev–Trinajstić information content (AvgIpc) is 2.50. The molecule has 0 aliphatic carbocycles. The lowest BCUT2D eigenvalue weighted by atomic mass is 9.83. The Morgan fingerprint density at radius 3 is 2.41 bits per heavy atom. The number of esters is 1. The Morgan fingerprint density at radius 2 is 1.73 bits per heavy atom. The number of cyclic esters (lactones) is 1. The number of ether oxygens (including phenoxy) is 1. The van der Waals surface area contributed by atoms with Gasteiger partial charge >= 0.3 is 5.97 Å². The van der Waals surface area contributed by atoms with Crippen LogP contribution in [0.15, 0.2) is 60.7 Å². The minimum Gasteiger partial charge on any atom is -0.450 e. The minimum atomic E-state index is -1.51. The van der Waals surface area contributed by atoms with Crippen LogP contribution < -0.4 is 0 Å². The highest BCUT2D eigenvalue weighted by Crippen LogP contribution is 2.42. The van der Waals surface area contributed by atoms with Crippen molar-refractivity contribution in [1.82, 2.24) is 0 Å². The number of carbonyl (C=O) groups is 1. The Bertz CT molecular complexity index is 757. The molecule has 3 rings (SSSR count). The molecule has 0 saturated carbocycles. The number of rotatable bonds is 2. The van der Waals surface area contributed by atoms with Crippen molar-refractivity contribution in [2.75, 3.05) is 0 Å². The molecule has 1 heterocycles. The average molecular weight is 335 g/mol. The zero-order chi connectivity index (χ0) is 15.7. The fourth-order valence-electron chi connectivity index (χ4n) is 2.50. The molecule has 2 atom stereocenters. The monoisotopic (exact) mass is 334 g/mol. The fourth-order valence-corrected chi connectivity index (χ4v) is 2.89. The van der Waals surface area contributed by atoms with E-state index >= 15 is 0 Å². The minimum absolute atomic E-state index is 0.487. The van der Waals surface area contributed by atoms with Crippen LogP contribution in [0, 0.1) is 0 Å². The molecule has 0 unspecified atom stereocenters. The summed E-state index contributed by atoms with van der Waals surface area (Å²) in [4.78, 5) is 11.6. The van der Waals surface area contributed by atoms with E-state index in [1.807, 2.05) is 0 Å². The third kappa shape index (κ3) is 2.75. The third-order valence-electron chi connectivity index (χ3n) is 3.55. The van der Waals surface area contributed by atoms with Gasteiger partial charge in [0, 0.05) is 16.1 Å². The summed E-state index contributed by atoms with van der Waals surface area (Å²) in [6.45, 7) is 0. The van der Waals surface area contributed by atoms with Crippen molar-refractivity contribution in [1.29, 1.82) is 0 Å². The van der Waals surface area contributed by atoms with Crippen LogP contribution in [0.2, 0.25) is 10.0 Å². The van der Waals surface area contributed by atoms with Crippen LogP contribution in [-0.4, -0.2) is 11.1 Å². The Labute approximate surface area is 137 Å². The Morgan fingerprint density at radius 1 is 1.05 bits per heavy atom. The van der Waals surface area contributed by atoms with Gasteiger partial charge < -0.3 is 9.84 Å². The van der Waals surface area contributed by atoms with Gasteiger partial charge in [-0.25, -0.2) is 4.79 Å². The van der Waals surface area contributed by atoms with Gasteiger partial charge in [-0.05, 0) is 41.5 Å². The van der Waals surface area contributed by atoms with E-state index in [1.165, 1.54) is 12.2 Å².